The summed E-state index contributed by atoms with van der Waals surface area (Å²) in [5, 5.41) is 7.03. The summed E-state index contributed by atoms with van der Waals surface area (Å²) in [7, 11) is 1.61. The van der Waals surface area contributed by atoms with Gasteiger partial charge in [-0.2, -0.15) is 4.98 Å². The number of aryl methyl sites for hydroxylation is 1. The fourth-order valence-corrected chi connectivity index (χ4v) is 3.28. The summed E-state index contributed by atoms with van der Waals surface area (Å²) in [4.78, 5) is 16.9. The largest absolute Gasteiger partial charge is 0.497 e. The predicted octanol–water partition coefficient (Wildman–Crippen LogP) is 5.13. The molecule has 8 heteroatoms. The molecule has 1 unspecified atom stereocenters. The molecule has 1 N–H and O–H groups in total. The van der Waals surface area contributed by atoms with E-state index in [4.69, 9.17) is 18.7 Å². The van der Waals surface area contributed by atoms with Crippen molar-refractivity contribution in [2.45, 2.75) is 52.5 Å². The number of rotatable bonds is 13. The highest BCUT2D eigenvalue weighted by Gasteiger charge is 2.15. The molecule has 0 aliphatic carbocycles. The average molecular weight is 468 g/mol. The maximum atomic E-state index is 12.5. The Balaban J connectivity index is 1.55. The molecule has 1 heterocycles. The van der Waals surface area contributed by atoms with Crippen molar-refractivity contribution in [1.29, 1.82) is 0 Å². The maximum Gasteiger partial charge on any atom is 0.227 e. The summed E-state index contributed by atoms with van der Waals surface area (Å²) in [6.45, 7) is 7.30. The number of nitrogens with one attached hydrogen (secondary N) is 1. The summed E-state index contributed by atoms with van der Waals surface area (Å²) in [6.07, 6.45) is 2.42. The molecule has 8 nitrogen and oxygen atoms in total. The minimum atomic E-state index is -0.186. The fraction of sp³-hybridized carbons (Fsp3) is 0.423. The molecule has 34 heavy (non-hydrogen) atoms. The normalized spacial score (nSPS) is 11.6. The Bertz CT molecular complexity index is 1050. The Morgan fingerprint density at radius 3 is 2.41 bits per heavy atom. The van der Waals surface area contributed by atoms with Crippen LogP contribution in [0, 0.1) is 0 Å². The van der Waals surface area contributed by atoms with E-state index < -0.39 is 0 Å². The van der Waals surface area contributed by atoms with Crippen LogP contribution in [0.3, 0.4) is 0 Å². The van der Waals surface area contributed by atoms with Crippen molar-refractivity contribution in [2.24, 2.45) is 0 Å². The molecule has 182 valence electrons. The number of carbonyl (C=O) groups excluding carboxylic acids is 1. The number of hydrogen-bond donors (Lipinski definition) is 1. The summed E-state index contributed by atoms with van der Waals surface area (Å²) in [5.74, 6) is 2.98. The van der Waals surface area contributed by atoms with E-state index in [0.29, 0.717) is 37.1 Å². The van der Waals surface area contributed by atoms with Crippen LogP contribution in [0.2, 0.25) is 0 Å². The number of carbonyl (C=O) groups is 1. The van der Waals surface area contributed by atoms with Crippen molar-refractivity contribution in [1.82, 2.24) is 15.5 Å². The van der Waals surface area contributed by atoms with E-state index in [1.165, 1.54) is 0 Å². The van der Waals surface area contributed by atoms with E-state index in [2.05, 4.69) is 29.3 Å². The van der Waals surface area contributed by atoms with Crippen molar-refractivity contribution < 1.29 is 23.5 Å². The van der Waals surface area contributed by atoms with Gasteiger partial charge in [0.15, 0.2) is 11.5 Å². The second-order valence-electron chi connectivity index (χ2n) is 7.93. The fourth-order valence-electron chi connectivity index (χ4n) is 3.28. The van der Waals surface area contributed by atoms with Crippen LogP contribution in [0.15, 0.2) is 47.0 Å². The first-order valence-corrected chi connectivity index (χ1v) is 11.7. The van der Waals surface area contributed by atoms with Crippen molar-refractivity contribution in [2.75, 3.05) is 20.3 Å². The highest BCUT2D eigenvalue weighted by Crippen LogP contribution is 2.31. The molecule has 1 aromatic heterocycles. The van der Waals surface area contributed by atoms with Gasteiger partial charge in [-0.25, -0.2) is 0 Å². The molecule has 0 aliphatic rings. The molecule has 0 fully saturated rings. The van der Waals surface area contributed by atoms with Gasteiger partial charge in [-0.1, -0.05) is 25.1 Å². The van der Waals surface area contributed by atoms with Crippen LogP contribution in [0.25, 0.3) is 11.4 Å². The number of methoxy groups -OCH3 is 1. The van der Waals surface area contributed by atoms with Crippen molar-refractivity contribution in [3.63, 3.8) is 0 Å². The molecule has 0 saturated heterocycles. The smallest absolute Gasteiger partial charge is 0.227 e. The van der Waals surface area contributed by atoms with Gasteiger partial charge in [0.2, 0.25) is 17.6 Å². The molecule has 1 atom stereocenters. The third-order valence-corrected chi connectivity index (χ3v) is 5.15. The third-order valence-electron chi connectivity index (χ3n) is 5.15. The monoisotopic (exact) mass is 467 g/mol. The molecule has 3 rings (SSSR count). The van der Waals surface area contributed by atoms with Crippen LogP contribution >= 0.6 is 0 Å². The van der Waals surface area contributed by atoms with E-state index in [-0.39, 0.29) is 18.4 Å². The molecule has 0 saturated carbocycles. The number of ether oxygens (including phenoxy) is 3. The lowest BCUT2D eigenvalue weighted by Crippen LogP contribution is -2.26. The molecule has 0 spiro atoms. The van der Waals surface area contributed by atoms with Gasteiger partial charge in [0, 0.05) is 18.4 Å². The number of nitrogens with zero attached hydrogens (tertiary/aromatic N) is 2. The Hall–Kier alpha value is -3.55. The van der Waals surface area contributed by atoms with Crippen LogP contribution in [0.1, 0.15) is 57.5 Å². The van der Waals surface area contributed by atoms with Crippen LogP contribution in [0.4, 0.5) is 0 Å². The molecule has 0 aliphatic heterocycles. The third kappa shape index (κ3) is 6.97. The van der Waals surface area contributed by atoms with Crippen LogP contribution in [-0.2, 0) is 11.2 Å². The van der Waals surface area contributed by atoms with Crippen molar-refractivity contribution in [3.8, 4) is 28.6 Å². The first-order chi connectivity index (χ1) is 16.5. The van der Waals surface area contributed by atoms with E-state index in [9.17, 15) is 4.79 Å². The van der Waals surface area contributed by atoms with Gasteiger partial charge in [0.05, 0.1) is 26.4 Å². The predicted molar refractivity (Wildman–Crippen MR) is 129 cm³/mol. The van der Waals surface area contributed by atoms with Gasteiger partial charge in [0.1, 0.15) is 5.75 Å². The second-order valence-corrected chi connectivity index (χ2v) is 7.93. The first kappa shape index (κ1) is 25.1. The topological polar surface area (TPSA) is 95.7 Å². The minimum Gasteiger partial charge on any atom is -0.497 e. The SMILES string of the molecule is CCCOc1ccc(C(C)NC(=O)CCc2nc(-c3ccc(OC)cc3)no2)cc1OCCC. The molecular weight excluding hydrogens is 434 g/mol. The highest BCUT2D eigenvalue weighted by atomic mass is 16.5. The number of amides is 1. The standard InChI is InChI=1S/C26H33N3O5/c1-5-15-32-22-12-9-20(17-23(22)33-16-6-2)18(3)27-24(30)13-14-25-28-26(29-34-25)19-7-10-21(31-4)11-8-19/h7-12,17-18H,5-6,13-16H2,1-4H3,(H,27,30). The number of hydrogen-bond acceptors (Lipinski definition) is 7. The van der Waals surface area contributed by atoms with E-state index in [0.717, 1.165) is 35.5 Å². The summed E-state index contributed by atoms with van der Waals surface area (Å²) < 4.78 is 22.1. The van der Waals surface area contributed by atoms with Crippen LogP contribution in [-0.4, -0.2) is 36.4 Å². The van der Waals surface area contributed by atoms with Gasteiger partial charge in [0.25, 0.3) is 0 Å². The van der Waals surface area contributed by atoms with Crippen molar-refractivity contribution >= 4 is 5.91 Å². The zero-order valence-corrected chi connectivity index (χ0v) is 20.3. The quantitative estimate of drug-likeness (QED) is 0.372. The van der Waals surface area contributed by atoms with Gasteiger partial charge in [-0.05, 0) is 61.7 Å². The van der Waals surface area contributed by atoms with E-state index in [1.807, 2.05) is 49.4 Å². The lowest BCUT2D eigenvalue weighted by molar-refractivity contribution is -0.121. The summed E-state index contributed by atoms with van der Waals surface area (Å²) >= 11 is 0. The summed E-state index contributed by atoms with van der Waals surface area (Å²) in [5.41, 5.74) is 1.77. The molecular formula is C26H33N3O5. The Morgan fingerprint density at radius 2 is 1.74 bits per heavy atom. The molecule has 2 aromatic carbocycles. The Kier molecular flexibility index (Phi) is 9.31. The number of benzene rings is 2. The second kappa shape index (κ2) is 12.6. The molecule has 3 aromatic rings. The molecule has 1 amide bonds. The minimum absolute atomic E-state index is 0.0981. The van der Waals surface area contributed by atoms with E-state index in [1.54, 1.807) is 7.11 Å². The zero-order chi connectivity index (χ0) is 24.3. The molecule has 0 radical (unpaired) electrons. The zero-order valence-electron chi connectivity index (χ0n) is 20.3. The maximum absolute atomic E-state index is 12.5. The lowest BCUT2D eigenvalue weighted by Gasteiger charge is -2.18. The lowest BCUT2D eigenvalue weighted by atomic mass is 10.1. The van der Waals surface area contributed by atoms with Gasteiger partial charge in [-0.15, -0.1) is 0 Å². The van der Waals surface area contributed by atoms with Gasteiger partial charge in [-0.3, -0.25) is 4.79 Å². The van der Waals surface area contributed by atoms with Crippen LogP contribution in [0.5, 0.6) is 17.2 Å². The Morgan fingerprint density at radius 1 is 1.03 bits per heavy atom. The first-order valence-electron chi connectivity index (χ1n) is 11.7. The van der Waals surface area contributed by atoms with Crippen molar-refractivity contribution in [3.05, 3.63) is 53.9 Å². The molecule has 0 bridgehead atoms. The average Bonchev–Trinajstić information content (AvgIpc) is 3.34. The van der Waals surface area contributed by atoms with Crippen LogP contribution < -0.4 is 19.5 Å². The van der Waals surface area contributed by atoms with Gasteiger partial charge < -0.3 is 24.1 Å². The summed E-state index contributed by atoms with van der Waals surface area (Å²) in [6, 6.07) is 13.0. The Labute approximate surface area is 200 Å². The van der Waals surface area contributed by atoms with Gasteiger partial charge >= 0.3 is 0 Å². The number of aromatic nitrogens is 2. The van der Waals surface area contributed by atoms with E-state index >= 15 is 0 Å². The highest BCUT2D eigenvalue weighted by molar-refractivity contribution is 5.76.